The van der Waals surface area contributed by atoms with Crippen LogP contribution in [-0.2, 0) is 6.54 Å². The molecular formula is C13H11N5OS. The third kappa shape index (κ3) is 2.89. The van der Waals surface area contributed by atoms with E-state index in [9.17, 15) is 4.79 Å². The molecule has 0 aliphatic rings. The van der Waals surface area contributed by atoms with Crippen LogP contribution in [0.4, 0.5) is 5.13 Å². The Kier molecular flexibility index (Phi) is 3.51. The van der Waals surface area contributed by atoms with Crippen LogP contribution in [0.5, 0.6) is 0 Å². The average Bonchev–Trinajstić information content (AvgIpc) is 3.13. The SMILES string of the molecule is O=C(Nc1nncs1)c1ccc(Cn2ccnc2)cc1. The smallest absolute Gasteiger partial charge is 0.257 e. The van der Waals surface area contributed by atoms with E-state index in [1.165, 1.54) is 11.3 Å². The summed E-state index contributed by atoms with van der Waals surface area (Å²) in [5.41, 5.74) is 3.27. The molecule has 3 aromatic rings. The lowest BCUT2D eigenvalue weighted by Gasteiger charge is -2.04. The molecule has 0 fully saturated rings. The standard InChI is InChI=1S/C13H11N5OS/c19-12(16-13-17-15-9-20-13)11-3-1-10(2-4-11)7-18-6-5-14-8-18/h1-6,8-9H,7H2,(H,16,17,19). The van der Waals surface area contributed by atoms with Gasteiger partial charge in [0.05, 0.1) is 6.33 Å². The van der Waals surface area contributed by atoms with Crippen LogP contribution in [0.25, 0.3) is 0 Å². The maximum absolute atomic E-state index is 12.0. The first-order valence-corrected chi connectivity index (χ1v) is 6.81. The van der Waals surface area contributed by atoms with Gasteiger partial charge in [0.25, 0.3) is 5.91 Å². The van der Waals surface area contributed by atoms with Gasteiger partial charge < -0.3 is 4.57 Å². The Hall–Kier alpha value is -2.54. The molecule has 1 N–H and O–H groups in total. The van der Waals surface area contributed by atoms with Crippen LogP contribution in [0.15, 0.2) is 48.5 Å². The number of hydrogen-bond acceptors (Lipinski definition) is 5. The van der Waals surface area contributed by atoms with Gasteiger partial charge in [0.1, 0.15) is 5.51 Å². The number of aromatic nitrogens is 4. The van der Waals surface area contributed by atoms with Crippen molar-refractivity contribution in [3.63, 3.8) is 0 Å². The average molecular weight is 285 g/mol. The number of nitrogens with one attached hydrogen (secondary N) is 1. The Labute approximate surface area is 119 Å². The van der Waals surface area contributed by atoms with Crippen LogP contribution in [0.3, 0.4) is 0 Å². The van der Waals surface area contributed by atoms with E-state index in [1.807, 2.05) is 22.9 Å². The molecular weight excluding hydrogens is 274 g/mol. The molecule has 0 bridgehead atoms. The van der Waals surface area contributed by atoms with Gasteiger partial charge in [-0.05, 0) is 17.7 Å². The Bertz CT molecular complexity index is 676. The Morgan fingerprint density at radius 2 is 2.15 bits per heavy atom. The lowest BCUT2D eigenvalue weighted by atomic mass is 10.1. The predicted octanol–water partition coefficient (Wildman–Crippen LogP) is 2.04. The van der Waals surface area contributed by atoms with Crippen LogP contribution >= 0.6 is 11.3 Å². The van der Waals surface area contributed by atoms with Crippen molar-refractivity contribution < 1.29 is 4.79 Å². The predicted molar refractivity (Wildman–Crippen MR) is 75.6 cm³/mol. The molecule has 2 aromatic heterocycles. The molecule has 3 rings (SSSR count). The molecule has 0 spiro atoms. The topological polar surface area (TPSA) is 72.7 Å². The minimum absolute atomic E-state index is 0.184. The molecule has 2 heterocycles. The molecule has 0 unspecified atom stereocenters. The van der Waals surface area contributed by atoms with E-state index >= 15 is 0 Å². The fourth-order valence-corrected chi connectivity index (χ4v) is 2.19. The second kappa shape index (κ2) is 5.62. The van der Waals surface area contributed by atoms with Crippen molar-refractivity contribution in [2.45, 2.75) is 6.54 Å². The molecule has 0 atom stereocenters. The lowest BCUT2D eigenvalue weighted by Crippen LogP contribution is -2.11. The van der Waals surface area contributed by atoms with Gasteiger partial charge in [-0.15, -0.1) is 10.2 Å². The summed E-state index contributed by atoms with van der Waals surface area (Å²) in [6.07, 6.45) is 5.40. The highest BCUT2D eigenvalue weighted by Crippen LogP contribution is 2.12. The minimum Gasteiger partial charge on any atom is -0.333 e. The summed E-state index contributed by atoms with van der Waals surface area (Å²) in [6.45, 7) is 0.734. The second-order valence-electron chi connectivity index (χ2n) is 4.13. The van der Waals surface area contributed by atoms with Crippen LogP contribution in [0.2, 0.25) is 0 Å². The molecule has 0 aliphatic heterocycles. The van der Waals surface area contributed by atoms with Crippen molar-refractivity contribution in [2.75, 3.05) is 5.32 Å². The molecule has 0 radical (unpaired) electrons. The second-order valence-corrected chi connectivity index (χ2v) is 4.96. The summed E-state index contributed by atoms with van der Waals surface area (Å²) in [5.74, 6) is -0.184. The summed E-state index contributed by atoms with van der Waals surface area (Å²) < 4.78 is 1.97. The first-order valence-electron chi connectivity index (χ1n) is 5.93. The monoisotopic (exact) mass is 285 g/mol. The van der Waals surface area contributed by atoms with Gasteiger partial charge in [-0.1, -0.05) is 23.5 Å². The Morgan fingerprint density at radius 3 is 2.80 bits per heavy atom. The number of anilines is 1. The summed E-state index contributed by atoms with van der Waals surface area (Å²) in [6, 6.07) is 7.44. The van der Waals surface area contributed by atoms with Gasteiger partial charge in [-0.2, -0.15) is 0 Å². The van der Waals surface area contributed by atoms with E-state index in [2.05, 4.69) is 20.5 Å². The van der Waals surface area contributed by atoms with Gasteiger partial charge in [0.2, 0.25) is 5.13 Å². The molecule has 0 saturated heterocycles. The Morgan fingerprint density at radius 1 is 1.30 bits per heavy atom. The largest absolute Gasteiger partial charge is 0.333 e. The van der Waals surface area contributed by atoms with Crippen molar-refractivity contribution in [3.8, 4) is 0 Å². The molecule has 0 aliphatic carbocycles. The van der Waals surface area contributed by atoms with E-state index in [4.69, 9.17) is 0 Å². The molecule has 0 saturated carbocycles. The highest BCUT2D eigenvalue weighted by molar-refractivity contribution is 7.13. The van der Waals surface area contributed by atoms with Crippen LogP contribution < -0.4 is 5.32 Å². The number of carbonyl (C=O) groups is 1. The summed E-state index contributed by atoms with van der Waals surface area (Å²) >= 11 is 1.29. The fourth-order valence-electron chi connectivity index (χ4n) is 1.75. The first-order chi connectivity index (χ1) is 9.81. The van der Waals surface area contributed by atoms with Crippen molar-refractivity contribution in [1.82, 2.24) is 19.7 Å². The zero-order valence-electron chi connectivity index (χ0n) is 10.4. The number of hydrogen-bond donors (Lipinski definition) is 1. The third-order valence-corrected chi connectivity index (χ3v) is 3.33. The number of imidazole rings is 1. The van der Waals surface area contributed by atoms with Crippen LogP contribution in [0.1, 0.15) is 15.9 Å². The maximum Gasteiger partial charge on any atom is 0.257 e. The summed E-state index contributed by atoms with van der Waals surface area (Å²) in [5, 5.41) is 10.6. The van der Waals surface area contributed by atoms with Crippen LogP contribution in [-0.4, -0.2) is 25.7 Å². The molecule has 1 aromatic carbocycles. The molecule has 20 heavy (non-hydrogen) atoms. The number of rotatable bonds is 4. The maximum atomic E-state index is 12.0. The van der Waals surface area contributed by atoms with Gasteiger partial charge in [0, 0.05) is 24.5 Å². The van der Waals surface area contributed by atoms with Crippen LogP contribution in [0, 0.1) is 0 Å². The van der Waals surface area contributed by atoms with E-state index in [-0.39, 0.29) is 5.91 Å². The molecule has 7 heteroatoms. The van der Waals surface area contributed by atoms with Crippen molar-refractivity contribution >= 4 is 22.4 Å². The number of amides is 1. The number of nitrogens with zero attached hydrogens (tertiary/aromatic N) is 4. The van der Waals surface area contributed by atoms with Crippen molar-refractivity contribution in [3.05, 3.63) is 59.6 Å². The lowest BCUT2D eigenvalue weighted by molar-refractivity contribution is 0.102. The van der Waals surface area contributed by atoms with E-state index in [0.29, 0.717) is 10.7 Å². The zero-order chi connectivity index (χ0) is 13.8. The van der Waals surface area contributed by atoms with Gasteiger partial charge in [-0.3, -0.25) is 10.1 Å². The summed E-state index contributed by atoms with van der Waals surface area (Å²) in [4.78, 5) is 15.9. The van der Waals surface area contributed by atoms with Gasteiger partial charge >= 0.3 is 0 Å². The van der Waals surface area contributed by atoms with E-state index in [1.54, 1.807) is 30.2 Å². The quantitative estimate of drug-likeness (QED) is 0.796. The normalized spacial score (nSPS) is 10.4. The molecule has 6 nitrogen and oxygen atoms in total. The van der Waals surface area contributed by atoms with Crippen molar-refractivity contribution in [1.29, 1.82) is 0 Å². The highest BCUT2D eigenvalue weighted by Gasteiger charge is 2.07. The minimum atomic E-state index is -0.184. The molecule has 1 amide bonds. The van der Waals surface area contributed by atoms with Gasteiger partial charge in [0.15, 0.2) is 0 Å². The molecule has 100 valence electrons. The Balaban J connectivity index is 1.68. The first kappa shape index (κ1) is 12.5. The fraction of sp³-hybridized carbons (Fsp3) is 0.0769. The van der Waals surface area contributed by atoms with E-state index in [0.717, 1.165) is 12.1 Å². The number of benzene rings is 1. The van der Waals surface area contributed by atoms with Gasteiger partial charge in [-0.25, -0.2) is 4.98 Å². The number of carbonyl (C=O) groups excluding carboxylic acids is 1. The highest BCUT2D eigenvalue weighted by atomic mass is 32.1. The summed E-state index contributed by atoms with van der Waals surface area (Å²) in [7, 11) is 0. The van der Waals surface area contributed by atoms with E-state index < -0.39 is 0 Å². The zero-order valence-corrected chi connectivity index (χ0v) is 11.2. The van der Waals surface area contributed by atoms with Crippen molar-refractivity contribution in [2.24, 2.45) is 0 Å². The third-order valence-electron chi connectivity index (χ3n) is 2.72.